The number of ether oxygens (including phenoxy) is 1. The Balaban J connectivity index is 1.15. The Bertz CT molecular complexity index is 1290. The summed E-state index contributed by atoms with van der Waals surface area (Å²) in [4.78, 5) is 41.0. The molecule has 2 aromatic rings. The molecule has 2 saturated heterocycles. The SMILES string of the molecule is Cc1ccc(NC(=O)NC2CCN(C(=O)N3CCC(NC(=O)Nc4ccc(OC(F)(F)F)c(F)c4)CC3)CC2)cc1F. The van der Waals surface area contributed by atoms with Gasteiger partial charge >= 0.3 is 24.5 Å². The minimum atomic E-state index is -5.04. The van der Waals surface area contributed by atoms with Crippen LogP contribution >= 0.6 is 0 Å². The van der Waals surface area contributed by atoms with Crippen LogP contribution in [0.3, 0.4) is 0 Å². The molecule has 2 heterocycles. The number of carbonyl (C=O) groups is 3. The van der Waals surface area contributed by atoms with Gasteiger partial charge in [-0.1, -0.05) is 6.07 Å². The van der Waals surface area contributed by atoms with Crippen molar-refractivity contribution in [2.75, 3.05) is 36.8 Å². The summed E-state index contributed by atoms with van der Waals surface area (Å²) in [5.74, 6) is -2.70. The first-order valence-electron chi connectivity index (χ1n) is 13.4. The number of hydrogen-bond acceptors (Lipinski definition) is 4. The van der Waals surface area contributed by atoms with Crippen LogP contribution in [-0.2, 0) is 0 Å². The molecule has 0 spiro atoms. The van der Waals surface area contributed by atoms with Gasteiger partial charge in [-0.05, 0) is 62.4 Å². The summed E-state index contributed by atoms with van der Waals surface area (Å²) >= 11 is 0. The lowest BCUT2D eigenvalue weighted by molar-refractivity contribution is -0.275. The molecule has 4 rings (SSSR count). The first-order chi connectivity index (χ1) is 19.9. The minimum absolute atomic E-state index is 0.0495. The fraction of sp³-hybridized carbons (Fsp3) is 0.444. The zero-order valence-electron chi connectivity index (χ0n) is 22.7. The van der Waals surface area contributed by atoms with E-state index in [4.69, 9.17) is 0 Å². The van der Waals surface area contributed by atoms with Crippen LogP contribution in [0.2, 0.25) is 0 Å². The van der Waals surface area contributed by atoms with E-state index in [2.05, 4.69) is 26.0 Å². The molecule has 0 saturated carbocycles. The van der Waals surface area contributed by atoms with Crippen LogP contribution in [0.15, 0.2) is 36.4 Å². The number of likely N-dealkylation sites (tertiary alicyclic amines) is 2. The van der Waals surface area contributed by atoms with Crippen molar-refractivity contribution in [1.82, 2.24) is 20.4 Å². The predicted octanol–water partition coefficient (Wildman–Crippen LogP) is 5.16. The van der Waals surface area contributed by atoms with Crippen molar-refractivity contribution in [1.29, 1.82) is 0 Å². The van der Waals surface area contributed by atoms with E-state index in [-0.39, 0.29) is 23.8 Å². The van der Waals surface area contributed by atoms with Crippen molar-refractivity contribution < 1.29 is 41.1 Å². The molecule has 15 heteroatoms. The van der Waals surface area contributed by atoms with Crippen LogP contribution in [0.5, 0.6) is 5.75 Å². The second kappa shape index (κ2) is 13.1. The van der Waals surface area contributed by atoms with Crippen molar-refractivity contribution in [2.24, 2.45) is 0 Å². The molecule has 6 amide bonds. The average Bonchev–Trinajstić information content (AvgIpc) is 2.92. The number of piperidine rings is 2. The Morgan fingerprint density at radius 1 is 0.762 bits per heavy atom. The molecule has 0 radical (unpaired) electrons. The number of urea groups is 3. The summed E-state index contributed by atoms with van der Waals surface area (Å²) in [6.07, 6.45) is -2.97. The van der Waals surface area contributed by atoms with Gasteiger partial charge in [0.1, 0.15) is 5.82 Å². The zero-order valence-corrected chi connectivity index (χ0v) is 22.7. The molecule has 2 aromatic carbocycles. The summed E-state index contributed by atoms with van der Waals surface area (Å²) < 4.78 is 68.0. The Labute approximate surface area is 238 Å². The van der Waals surface area contributed by atoms with E-state index in [1.165, 1.54) is 6.07 Å². The summed E-state index contributed by atoms with van der Waals surface area (Å²) in [6.45, 7) is 3.33. The number of nitrogens with one attached hydrogen (secondary N) is 4. The van der Waals surface area contributed by atoms with Crippen LogP contribution in [0.1, 0.15) is 31.2 Å². The van der Waals surface area contributed by atoms with E-state index in [9.17, 15) is 36.3 Å². The molecule has 2 fully saturated rings. The summed E-state index contributed by atoms with van der Waals surface area (Å²) in [6, 6.07) is 5.38. The molecular formula is C27H31F5N6O4. The van der Waals surface area contributed by atoms with E-state index in [1.54, 1.807) is 28.9 Å². The summed E-state index contributed by atoms with van der Waals surface area (Å²) in [5, 5.41) is 10.6. The van der Waals surface area contributed by atoms with Gasteiger partial charge in [0.25, 0.3) is 0 Å². The molecule has 2 aliphatic heterocycles. The maximum Gasteiger partial charge on any atom is 0.573 e. The quantitative estimate of drug-likeness (QED) is 0.356. The second-order valence-electron chi connectivity index (χ2n) is 10.2. The van der Waals surface area contributed by atoms with E-state index < -0.39 is 35.8 Å². The number of aryl methyl sites for hydroxylation is 1. The average molecular weight is 599 g/mol. The third kappa shape index (κ3) is 8.60. The fourth-order valence-corrected chi connectivity index (χ4v) is 4.79. The molecule has 0 atom stereocenters. The van der Waals surface area contributed by atoms with Gasteiger partial charge in [0, 0.05) is 55.7 Å². The Morgan fingerprint density at radius 2 is 1.21 bits per heavy atom. The Hall–Kier alpha value is -4.30. The maximum absolute atomic E-state index is 13.9. The molecule has 2 aliphatic rings. The van der Waals surface area contributed by atoms with Gasteiger partial charge in [-0.25, -0.2) is 23.2 Å². The monoisotopic (exact) mass is 598 g/mol. The number of carbonyl (C=O) groups excluding carboxylic acids is 3. The van der Waals surface area contributed by atoms with Gasteiger partial charge in [-0.3, -0.25) is 0 Å². The van der Waals surface area contributed by atoms with Gasteiger partial charge < -0.3 is 35.8 Å². The lowest BCUT2D eigenvalue weighted by Crippen LogP contribution is -2.54. The number of benzene rings is 2. The van der Waals surface area contributed by atoms with Gasteiger partial charge in [0.15, 0.2) is 11.6 Å². The van der Waals surface area contributed by atoms with Crippen molar-refractivity contribution in [3.8, 4) is 5.75 Å². The number of hydrogen-bond donors (Lipinski definition) is 4. The van der Waals surface area contributed by atoms with Gasteiger partial charge in [0.2, 0.25) is 0 Å². The molecule has 42 heavy (non-hydrogen) atoms. The Kier molecular flexibility index (Phi) is 9.58. The molecule has 0 unspecified atom stereocenters. The maximum atomic E-state index is 13.9. The highest BCUT2D eigenvalue weighted by Gasteiger charge is 2.33. The standard InChI is InChI=1S/C27H31F5N6O4/c1-16-2-3-19(14-21(16)28)35-24(39)33-17-6-10-37(11-7-17)26(41)38-12-8-18(9-13-38)34-25(40)36-20-4-5-23(22(29)15-20)42-27(30,31)32/h2-5,14-15,17-18H,6-13H2,1H3,(H2,33,35,39)(H2,34,36,40). The van der Waals surface area contributed by atoms with Crippen LogP contribution in [-0.4, -0.2) is 72.5 Å². The number of amides is 6. The molecule has 10 nitrogen and oxygen atoms in total. The number of rotatable bonds is 5. The third-order valence-electron chi connectivity index (χ3n) is 7.05. The van der Waals surface area contributed by atoms with Crippen LogP contribution < -0.4 is 26.0 Å². The number of alkyl halides is 3. The minimum Gasteiger partial charge on any atom is -0.403 e. The van der Waals surface area contributed by atoms with Crippen molar-refractivity contribution in [2.45, 2.75) is 51.1 Å². The highest BCUT2D eigenvalue weighted by Crippen LogP contribution is 2.27. The lowest BCUT2D eigenvalue weighted by Gasteiger charge is -2.38. The van der Waals surface area contributed by atoms with E-state index in [1.807, 2.05) is 0 Å². The molecule has 0 bridgehead atoms. The normalized spacial score (nSPS) is 16.5. The lowest BCUT2D eigenvalue weighted by atomic mass is 10.0. The van der Waals surface area contributed by atoms with Crippen LogP contribution in [0.25, 0.3) is 0 Å². The van der Waals surface area contributed by atoms with E-state index in [0.29, 0.717) is 63.1 Å². The Morgan fingerprint density at radius 3 is 1.64 bits per heavy atom. The van der Waals surface area contributed by atoms with Gasteiger partial charge in [-0.15, -0.1) is 13.2 Å². The van der Waals surface area contributed by atoms with E-state index >= 15 is 0 Å². The smallest absolute Gasteiger partial charge is 0.403 e. The number of nitrogens with zero attached hydrogens (tertiary/aromatic N) is 2. The van der Waals surface area contributed by atoms with Gasteiger partial charge in [0.05, 0.1) is 0 Å². The van der Waals surface area contributed by atoms with Crippen LogP contribution in [0.4, 0.5) is 47.7 Å². The zero-order chi connectivity index (χ0) is 30.4. The fourth-order valence-electron chi connectivity index (χ4n) is 4.79. The van der Waals surface area contributed by atoms with Crippen molar-refractivity contribution >= 4 is 29.5 Å². The predicted molar refractivity (Wildman–Crippen MR) is 143 cm³/mol. The van der Waals surface area contributed by atoms with Crippen LogP contribution in [0, 0.1) is 18.6 Å². The number of halogens is 5. The summed E-state index contributed by atoms with van der Waals surface area (Å²) in [5.41, 5.74) is 0.778. The van der Waals surface area contributed by atoms with E-state index in [0.717, 1.165) is 18.2 Å². The largest absolute Gasteiger partial charge is 0.573 e. The first kappa shape index (κ1) is 30.7. The topological polar surface area (TPSA) is 115 Å². The molecule has 228 valence electrons. The first-order valence-corrected chi connectivity index (χ1v) is 13.4. The molecule has 0 aliphatic carbocycles. The molecule has 4 N–H and O–H groups in total. The highest BCUT2D eigenvalue weighted by molar-refractivity contribution is 5.90. The molecule has 0 aromatic heterocycles. The van der Waals surface area contributed by atoms with Crippen molar-refractivity contribution in [3.63, 3.8) is 0 Å². The number of anilines is 2. The third-order valence-corrected chi connectivity index (χ3v) is 7.05. The highest BCUT2D eigenvalue weighted by atomic mass is 19.4. The second-order valence-corrected chi connectivity index (χ2v) is 10.2. The summed E-state index contributed by atoms with van der Waals surface area (Å²) in [7, 11) is 0. The van der Waals surface area contributed by atoms with Crippen molar-refractivity contribution in [3.05, 3.63) is 53.6 Å². The molecular weight excluding hydrogens is 567 g/mol. The van der Waals surface area contributed by atoms with Gasteiger partial charge in [-0.2, -0.15) is 0 Å².